The molecule has 0 atom stereocenters. The van der Waals surface area contributed by atoms with Crippen LogP contribution in [0.5, 0.6) is 0 Å². The fourth-order valence-corrected chi connectivity index (χ4v) is 1.14. The lowest BCUT2D eigenvalue weighted by molar-refractivity contribution is -0.141. The van der Waals surface area contributed by atoms with Gasteiger partial charge in [-0.05, 0) is 6.07 Å². The largest absolute Gasteiger partial charge is 0.469 e. The number of H-pyrrole nitrogens is 1. The van der Waals surface area contributed by atoms with Gasteiger partial charge in [-0.1, -0.05) is 0 Å². The van der Waals surface area contributed by atoms with Gasteiger partial charge in [-0.15, -0.1) is 0 Å². The van der Waals surface area contributed by atoms with Gasteiger partial charge in [0.25, 0.3) is 0 Å². The lowest BCUT2D eigenvalue weighted by atomic mass is 10.1. The minimum atomic E-state index is -4.62. The van der Waals surface area contributed by atoms with Gasteiger partial charge in [-0.3, -0.25) is 9.59 Å². The zero-order chi connectivity index (χ0) is 12.3. The molecule has 4 nitrogen and oxygen atoms in total. The predicted molar refractivity (Wildman–Crippen MR) is 47.8 cm³/mol. The maximum Gasteiger partial charge on any atom is 0.418 e. The van der Waals surface area contributed by atoms with Crippen molar-refractivity contribution in [2.75, 3.05) is 7.11 Å². The Morgan fingerprint density at radius 1 is 1.44 bits per heavy atom. The highest BCUT2D eigenvalue weighted by atomic mass is 19.4. The van der Waals surface area contributed by atoms with E-state index in [1.807, 2.05) is 4.98 Å². The van der Waals surface area contributed by atoms with Crippen molar-refractivity contribution in [1.82, 2.24) is 4.98 Å². The summed E-state index contributed by atoms with van der Waals surface area (Å²) >= 11 is 0. The molecule has 0 amide bonds. The van der Waals surface area contributed by atoms with Gasteiger partial charge in [0.2, 0.25) is 5.56 Å². The molecule has 0 aliphatic carbocycles. The summed E-state index contributed by atoms with van der Waals surface area (Å²) in [6.45, 7) is 0. The van der Waals surface area contributed by atoms with Gasteiger partial charge >= 0.3 is 12.1 Å². The summed E-state index contributed by atoms with van der Waals surface area (Å²) in [5.41, 5.74) is -2.24. The first-order chi connectivity index (χ1) is 7.34. The molecule has 1 heterocycles. The Labute approximate surface area is 88.0 Å². The van der Waals surface area contributed by atoms with Crippen LogP contribution >= 0.6 is 0 Å². The molecular formula is C9H8F3NO3. The Morgan fingerprint density at radius 2 is 2.06 bits per heavy atom. The number of esters is 1. The molecule has 1 N–H and O–H groups in total. The molecule has 0 saturated heterocycles. The number of methoxy groups -OCH3 is 1. The summed E-state index contributed by atoms with van der Waals surface area (Å²) in [5.74, 6) is -0.854. The molecule has 88 valence electrons. The first-order valence-electron chi connectivity index (χ1n) is 4.21. The number of nitrogens with one attached hydrogen (secondary N) is 1. The molecule has 0 fully saturated rings. The average molecular weight is 235 g/mol. The van der Waals surface area contributed by atoms with Crippen LogP contribution in [0.1, 0.15) is 11.3 Å². The second-order valence-corrected chi connectivity index (χ2v) is 2.97. The Morgan fingerprint density at radius 3 is 2.56 bits per heavy atom. The molecule has 0 unspecified atom stereocenters. The molecular weight excluding hydrogens is 227 g/mol. The second kappa shape index (κ2) is 4.38. The number of halogens is 3. The van der Waals surface area contributed by atoms with Gasteiger partial charge < -0.3 is 9.72 Å². The average Bonchev–Trinajstić information content (AvgIpc) is 2.15. The normalized spacial score (nSPS) is 11.2. The summed E-state index contributed by atoms with van der Waals surface area (Å²) in [4.78, 5) is 23.7. The molecule has 0 bridgehead atoms. The fraction of sp³-hybridized carbons (Fsp3) is 0.333. The number of aromatic amines is 1. The Balaban J connectivity index is 3.19. The SMILES string of the molecule is COC(=O)Cc1[nH]c(=O)ccc1C(F)(F)F. The first-order valence-corrected chi connectivity index (χ1v) is 4.21. The molecule has 0 aromatic carbocycles. The van der Waals surface area contributed by atoms with Crippen LogP contribution < -0.4 is 5.56 Å². The minimum absolute atomic E-state index is 0.494. The van der Waals surface area contributed by atoms with Crippen LogP contribution in [0.15, 0.2) is 16.9 Å². The van der Waals surface area contributed by atoms with Crippen LogP contribution in [0.2, 0.25) is 0 Å². The third-order valence-corrected chi connectivity index (χ3v) is 1.85. The van der Waals surface area contributed by atoms with Gasteiger partial charge in [0, 0.05) is 11.8 Å². The van der Waals surface area contributed by atoms with E-state index in [1.54, 1.807) is 0 Å². The van der Waals surface area contributed by atoms with Crippen LogP contribution in [-0.2, 0) is 22.1 Å². The maximum atomic E-state index is 12.5. The van der Waals surface area contributed by atoms with E-state index in [-0.39, 0.29) is 0 Å². The van der Waals surface area contributed by atoms with E-state index >= 15 is 0 Å². The van der Waals surface area contributed by atoms with Gasteiger partial charge in [0.05, 0.1) is 19.1 Å². The zero-order valence-electron chi connectivity index (χ0n) is 8.22. The standard InChI is InChI=1S/C9H8F3NO3/c1-16-8(15)4-6-5(9(10,11)12)2-3-7(14)13-6/h2-3H,4H2,1H3,(H,13,14). The molecule has 1 rings (SSSR count). The van der Waals surface area contributed by atoms with Gasteiger partial charge in [0.15, 0.2) is 0 Å². The topological polar surface area (TPSA) is 59.2 Å². The molecule has 0 radical (unpaired) electrons. The molecule has 0 saturated carbocycles. The van der Waals surface area contributed by atoms with Crippen molar-refractivity contribution in [2.24, 2.45) is 0 Å². The molecule has 16 heavy (non-hydrogen) atoms. The molecule has 7 heteroatoms. The number of pyridine rings is 1. The molecule has 0 spiro atoms. The summed E-state index contributed by atoms with van der Waals surface area (Å²) in [6, 6.07) is 1.39. The first kappa shape index (κ1) is 12.3. The quantitative estimate of drug-likeness (QED) is 0.781. The van der Waals surface area contributed by atoms with Crippen molar-refractivity contribution in [1.29, 1.82) is 0 Å². The van der Waals surface area contributed by atoms with Crippen LogP contribution in [-0.4, -0.2) is 18.1 Å². The van der Waals surface area contributed by atoms with Crippen molar-refractivity contribution in [3.8, 4) is 0 Å². The molecule has 0 aliphatic rings. The summed E-state index contributed by atoms with van der Waals surface area (Å²) in [7, 11) is 1.05. The van der Waals surface area contributed by atoms with Crippen molar-refractivity contribution in [3.63, 3.8) is 0 Å². The number of hydrogen-bond acceptors (Lipinski definition) is 3. The highest BCUT2D eigenvalue weighted by Gasteiger charge is 2.34. The number of aromatic nitrogens is 1. The van der Waals surface area contributed by atoms with Gasteiger partial charge in [0.1, 0.15) is 0 Å². The van der Waals surface area contributed by atoms with Crippen LogP contribution in [0, 0.1) is 0 Å². The third kappa shape index (κ3) is 2.85. The van der Waals surface area contributed by atoms with E-state index < -0.39 is 35.4 Å². The highest BCUT2D eigenvalue weighted by molar-refractivity contribution is 5.72. The molecule has 1 aromatic rings. The van der Waals surface area contributed by atoms with E-state index in [0.29, 0.717) is 6.07 Å². The number of alkyl halides is 3. The van der Waals surface area contributed by atoms with E-state index in [1.165, 1.54) is 0 Å². The van der Waals surface area contributed by atoms with E-state index in [4.69, 9.17) is 0 Å². The van der Waals surface area contributed by atoms with E-state index in [2.05, 4.69) is 4.74 Å². The summed E-state index contributed by atoms with van der Waals surface area (Å²) in [5, 5.41) is 0. The lowest BCUT2D eigenvalue weighted by Gasteiger charge is -2.10. The van der Waals surface area contributed by atoms with Crippen LogP contribution in [0.25, 0.3) is 0 Å². The van der Waals surface area contributed by atoms with Crippen molar-refractivity contribution in [3.05, 3.63) is 33.7 Å². The molecule has 0 aliphatic heterocycles. The van der Waals surface area contributed by atoms with Crippen molar-refractivity contribution in [2.45, 2.75) is 12.6 Å². The minimum Gasteiger partial charge on any atom is -0.469 e. The number of carbonyl (C=O) groups excluding carboxylic acids is 1. The number of ether oxygens (including phenoxy) is 1. The Kier molecular flexibility index (Phi) is 3.36. The Bertz CT molecular complexity index is 450. The van der Waals surface area contributed by atoms with Crippen LogP contribution in [0.3, 0.4) is 0 Å². The summed E-state index contributed by atoms with van der Waals surface area (Å²) < 4.78 is 41.6. The second-order valence-electron chi connectivity index (χ2n) is 2.97. The number of hydrogen-bond donors (Lipinski definition) is 1. The Hall–Kier alpha value is -1.79. The smallest absolute Gasteiger partial charge is 0.418 e. The predicted octanol–water partition coefficient (Wildman–Crippen LogP) is 1.11. The monoisotopic (exact) mass is 235 g/mol. The van der Waals surface area contributed by atoms with E-state index in [9.17, 15) is 22.8 Å². The number of carbonyl (C=O) groups is 1. The molecule has 1 aromatic heterocycles. The number of rotatable bonds is 2. The fourth-order valence-electron chi connectivity index (χ4n) is 1.14. The maximum absolute atomic E-state index is 12.5. The van der Waals surface area contributed by atoms with Crippen molar-refractivity contribution < 1.29 is 22.7 Å². The summed E-state index contributed by atoms with van der Waals surface area (Å²) in [6.07, 6.45) is -5.24. The van der Waals surface area contributed by atoms with Gasteiger partial charge in [-0.25, -0.2) is 0 Å². The lowest BCUT2D eigenvalue weighted by Crippen LogP contribution is -2.19. The van der Waals surface area contributed by atoms with Crippen molar-refractivity contribution >= 4 is 5.97 Å². The highest BCUT2D eigenvalue weighted by Crippen LogP contribution is 2.30. The third-order valence-electron chi connectivity index (χ3n) is 1.85. The van der Waals surface area contributed by atoms with E-state index in [0.717, 1.165) is 13.2 Å². The van der Waals surface area contributed by atoms with Crippen LogP contribution in [0.4, 0.5) is 13.2 Å². The zero-order valence-corrected chi connectivity index (χ0v) is 8.22. The van der Waals surface area contributed by atoms with Gasteiger partial charge in [-0.2, -0.15) is 13.2 Å².